The molecule has 1 aliphatic rings. The van der Waals surface area contributed by atoms with Crippen LogP contribution in [0.1, 0.15) is 0 Å². The largest absolute Gasteiger partial charge is 0.657 e. The molecule has 8 aromatic rings. The van der Waals surface area contributed by atoms with Gasteiger partial charge in [0.15, 0.2) is 0 Å². The second kappa shape index (κ2) is 10.9. The van der Waals surface area contributed by atoms with Crippen molar-refractivity contribution in [2.24, 2.45) is 0 Å². The minimum atomic E-state index is 0. The molecule has 1 aliphatic heterocycles. The van der Waals surface area contributed by atoms with Gasteiger partial charge in [0.1, 0.15) is 11.2 Å². The minimum Gasteiger partial charge on any atom is -0.657 e. The van der Waals surface area contributed by atoms with E-state index >= 15 is 0 Å². The fourth-order valence-electron chi connectivity index (χ4n) is 5.74. The molecule has 3 heterocycles. The Kier molecular flexibility index (Phi) is 6.80. The zero-order chi connectivity index (χ0) is 27.2. The summed E-state index contributed by atoms with van der Waals surface area (Å²) in [5.74, 6) is 0. The normalized spacial score (nSPS) is 12.4. The summed E-state index contributed by atoms with van der Waals surface area (Å²) < 4.78 is 6.09. The van der Waals surface area contributed by atoms with Crippen LogP contribution in [0.2, 0.25) is 0 Å². The molecular formula is C37H25AuN3O-2. The number of benzene rings is 6. The molecule has 0 atom stereocenters. The van der Waals surface area contributed by atoms with E-state index in [9.17, 15) is 0 Å². The van der Waals surface area contributed by atoms with E-state index in [1.807, 2.05) is 48.5 Å². The van der Waals surface area contributed by atoms with Crippen LogP contribution in [0, 0.1) is 6.67 Å². The Balaban J connectivity index is 0.000000134. The van der Waals surface area contributed by atoms with Crippen molar-refractivity contribution in [2.45, 2.75) is 0 Å². The third-order valence-electron chi connectivity index (χ3n) is 7.64. The first-order chi connectivity index (χ1) is 20.3. The molecule has 0 amide bonds. The summed E-state index contributed by atoms with van der Waals surface area (Å²) in [5.41, 5.74) is 8.64. The van der Waals surface area contributed by atoms with Gasteiger partial charge in [0.2, 0.25) is 0 Å². The van der Waals surface area contributed by atoms with Gasteiger partial charge in [0.25, 0.3) is 0 Å². The molecule has 5 heteroatoms. The van der Waals surface area contributed by atoms with Gasteiger partial charge in [-0.25, -0.2) is 0 Å². The van der Waals surface area contributed by atoms with Gasteiger partial charge >= 0.3 is 0 Å². The van der Waals surface area contributed by atoms with Crippen molar-refractivity contribution in [1.29, 1.82) is 0 Å². The quantitative estimate of drug-likeness (QED) is 0.131. The van der Waals surface area contributed by atoms with E-state index in [0.717, 1.165) is 43.7 Å². The first kappa shape index (κ1) is 26.2. The van der Waals surface area contributed by atoms with Crippen LogP contribution in [0.15, 0.2) is 150 Å². The Morgan fingerprint density at radius 3 is 1.69 bits per heavy atom. The number of hydrogen-bond donors (Lipinski definition) is 0. The van der Waals surface area contributed by atoms with Crippen molar-refractivity contribution < 1.29 is 26.8 Å². The van der Waals surface area contributed by atoms with Gasteiger partial charge in [-0.3, -0.25) is 0 Å². The van der Waals surface area contributed by atoms with Gasteiger partial charge in [0.05, 0.1) is 0 Å². The molecule has 0 spiro atoms. The van der Waals surface area contributed by atoms with E-state index in [0.29, 0.717) is 0 Å². The van der Waals surface area contributed by atoms with Crippen molar-refractivity contribution in [3.63, 3.8) is 0 Å². The molecule has 9 rings (SSSR count). The number of furan rings is 1. The molecule has 2 aromatic heterocycles. The minimum absolute atomic E-state index is 0. The molecule has 0 aliphatic carbocycles. The SMILES string of the molecule is [Au].c1ccc(N2[CH-]N(c3ccccc3)c3ccccc32)cc1.c1ccc2c(c1)[n-]c1ccc3c4ccccc4oc3c12. The number of hydrogen-bond acceptors (Lipinski definition) is 3. The van der Waals surface area contributed by atoms with Crippen LogP contribution >= 0.6 is 0 Å². The van der Waals surface area contributed by atoms with Crippen LogP contribution in [-0.4, -0.2) is 0 Å². The van der Waals surface area contributed by atoms with E-state index in [-0.39, 0.29) is 22.4 Å². The Morgan fingerprint density at radius 1 is 0.476 bits per heavy atom. The van der Waals surface area contributed by atoms with E-state index in [4.69, 9.17) is 4.42 Å². The van der Waals surface area contributed by atoms with Crippen LogP contribution in [0.5, 0.6) is 0 Å². The van der Waals surface area contributed by atoms with Gasteiger partial charge in [0, 0.05) is 61.3 Å². The Morgan fingerprint density at radius 2 is 1.02 bits per heavy atom. The smallest absolute Gasteiger partial charge is 0.141 e. The molecule has 0 bridgehead atoms. The predicted octanol–water partition coefficient (Wildman–Crippen LogP) is 9.94. The van der Waals surface area contributed by atoms with Gasteiger partial charge < -0.3 is 19.2 Å². The summed E-state index contributed by atoms with van der Waals surface area (Å²) in [7, 11) is 0. The molecule has 42 heavy (non-hydrogen) atoms. The molecule has 6 aromatic carbocycles. The zero-order valence-electron chi connectivity index (χ0n) is 22.5. The second-order valence-electron chi connectivity index (χ2n) is 10.1. The van der Waals surface area contributed by atoms with E-state index in [2.05, 4.69) is 119 Å². The van der Waals surface area contributed by atoms with E-state index in [1.165, 1.54) is 22.7 Å². The molecule has 207 valence electrons. The first-order valence-electron chi connectivity index (χ1n) is 13.7. The fourth-order valence-corrected chi connectivity index (χ4v) is 5.74. The molecular weight excluding hydrogens is 699 g/mol. The van der Waals surface area contributed by atoms with Crippen LogP contribution in [0.25, 0.3) is 43.7 Å². The van der Waals surface area contributed by atoms with Crippen molar-refractivity contribution in [1.82, 2.24) is 4.98 Å². The summed E-state index contributed by atoms with van der Waals surface area (Å²) in [4.78, 5) is 9.12. The molecule has 0 N–H and O–H groups in total. The molecule has 1 radical (unpaired) electrons. The van der Waals surface area contributed by atoms with Gasteiger partial charge in [-0.05, 0) is 47.9 Å². The van der Waals surface area contributed by atoms with Gasteiger partial charge in [-0.1, -0.05) is 103 Å². The fraction of sp³-hybridized carbons (Fsp3) is 0. The van der Waals surface area contributed by atoms with E-state index < -0.39 is 0 Å². The zero-order valence-corrected chi connectivity index (χ0v) is 24.7. The Labute approximate surface area is 259 Å². The number of fused-ring (bicyclic) bond motifs is 8. The molecule has 4 nitrogen and oxygen atoms in total. The Hall–Kier alpha value is -4.74. The third-order valence-corrected chi connectivity index (χ3v) is 7.64. The Bertz CT molecular complexity index is 2090. The van der Waals surface area contributed by atoms with Crippen LogP contribution in [0.4, 0.5) is 22.7 Å². The predicted molar refractivity (Wildman–Crippen MR) is 170 cm³/mol. The molecule has 0 fully saturated rings. The summed E-state index contributed by atoms with van der Waals surface area (Å²) in [5, 5.41) is 4.60. The van der Waals surface area contributed by atoms with Crippen LogP contribution in [-0.2, 0) is 22.4 Å². The van der Waals surface area contributed by atoms with E-state index in [1.54, 1.807) is 0 Å². The summed E-state index contributed by atoms with van der Waals surface area (Å²) in [6.45, 7) is 2.15. The van der Waals surface area contributed by atoms with Crippen molar-refractivity contribution in [2.75, 3.05) is 9.80 Å². The number of nitrogens with zero attached hydrogens (tertiary/aromatic N) is 3. The average molecular weight is 725 g/mol. The molecule has 0 saturated carbocycles. The topological polar surface area (TPSA) is 33.7 Å². The van der Waals surface area contributed by atoms with Crippen molar-refractivity contribution in [3.8, 4) is 0 Å². The molecule has 0 unspecified atom stereocenters. The third kappa shape index (κ3) is 4.38. The van der Waals surface area contributed by atoms with Crippen molar-refractivity contribution >= 4 is 66.5 Å². The van der Waals surface area contributed by atoms with Crippen LogP contribution in [0.3, 0.4) is 0 Å². The monoisotopic (exact) mass is 724 g/mol. The maximum absolute atomic E-state index is 6.09. The second-order valence-corrected chi connectivity index (χ2v) is 10.1. The maximum Gasteiger partial charge on any atom is 0.141 e. The molecule has 0 saturated heterocycles. The first-order valence-corrected chi connectivity index (χ1v) is 13.7. The number of para-hydroxylation sites is 6. The number of rotatable bonds is 2. The maximum atomic E-state index is 6.09. The average Bonchev–Trinajstić information content (AvgIpc) is 3.73. The summed E-state index contributed by atoms with van der Waals surface area (Å²) >= 11 is 0. The van der Waals surface area contributed by atoms with Crippen molar-refractivity contribution in [3.05, 3.63) is 152 Å². The standard InChI is InChI=1S/C19H15N2.C18H10NO.Au/c1-3-9-16(10-4-1)20-15-21(17-11-5-2-6-12-17)19-14-8-7-13-18(19)20;1-3-7-14-13(6-1)17-15(19-14)10-9-12-11-5-2-4-8-16(11)20-18(12)17;/h1-15H;1-10H;/q2*-1;. The van der Waals surface area contributed by atoms with Gasteiger partial charge in [-0.15, -0.1) is 17.7 Å². The van der Waals surface area contributed by atoms with Gasteiger partial charge in [-0.2, -0.15) is 0 Å². The summed E-state index contributed by atoms with van der Waals surface area (Å²) in [6.07, 6.45) is 0. The van der Waals surface area contributed by atoms with Crippen LogP contribution < -0.4 is 14.8 Å². The number of anilines is 4. The number of aromatic nitrogens is 1. The summed E-state index contributed by atoms with van der Waals surface area (Å²) in [6, 6.07) is 49.9.